The van der Waals surface area contributed by atoms with Crippen molar-refractivity contribution in [1.29, 1.82) is 5.26 Å². The average Bonchev–Trinajstić information content (AvgIpc) is 2.43. The van der Waals surface area contributed by atoms with E-state index >= 15 is 0 Å². The zero-order valence-corrected chi connectivity index (χ0v) is 12.5. The van der Waals surface area contributed by atoms with Crippen molar-refractivity contribution in [2.75, 3.05) is 11.1 Å². The van der Waals surface area contributed by atoms with Crippen molar-refractivity contribution in [1.82, 2.24) is 0 Å². The van der Waals surface area contributed by atoms with E-state index in [9.17, 15) is 4.79 Å². The van der Waals surface area contributed by atoms with Crippen molar-refractivity contribution in [3.05, 3.63) is 57.0 Å². The number of benzene rings is 2. The number of nitrogens with zero attached hydrogens (tertiary/aromatic N) is 1. The van der Waals surface area contributed by atoms with Crippen LogP contribution in [0.1, 0.15) is 15.9 Å². The fourth-order valence-corrected chi connectivity index (χ4v) is 2.10. The highest BCUT2D eigenvalue weighted by atomic mass is 79.9. The molecule has 0 saturated heterocycles. The summed E-state index contributed by atoms with van der Waals surface area (Å²) in [6, 6.07) is 11.6. The van der Waals surface area contributed by atoms with Gasteiger partial charge in [-0.05, 0) is 52.3 Å². The second-order valence-corrected chi connectivity index (χ2v) is 5.26. The van der Waals surface area contributed by atoms with Crippen LogP contribution in [-0.2, 0) is 0 Å². The molecule has 0 atom stereocenters. The summed E-state index contributed by atoms with van der Waals surface area (Å²) in [5, 5.41) is 11.9. The lowest BCUT2D eigenvalue weighted by Gasteiger charge is -2.07. The SMILES string of the molecule is N#Cc1cc(NC(=O)c2ccc(N)c(Br)c2)ccc1Cl. The van der Waals surface area contributed by atoms with Gasteiger partial charge >= 0.3 is 0 Å². The summed E-state index contributed by atoms with van der Waals surface area (Å²) in [5.74, 6) is -0.295. The van der Waals surface area contributed by atoms with Crippen LogP contribution in [-0.4, -0.2) is 5.91 Å². The third-order valence-electron chi connectivity index (χ3n) is 2.61. The molecule has 0 aliphatic rings. The van der Waals surface area contributed by atoms with E-state index in [0.29, 0.717) is 32.0 Å². The summed E-state index contributed by atoms with van der Waals surface area (Å²) in [5.41, 5.74) is 7.49. The number of anilines is 2. The number of amides is 1. The van der Waals surface area contributed by atoms with E-state index in [-0.39, 0.29) is 5.91 Å². The Bertz CT molecular complexity index is 725. The zero-order chi connectivity index (χ0) is 14.7. The van der Waals surface area contributed by atoms with E-state index in [0.717, 1.165) is 0 Å². The number of nitrogens with one attached hydrogen (secondary N) is 1. The highest BCUT2D eigenvalue weighted by molar-refractivity contribution is 9.10. The van der Waals surface area contributed by atoms with Crippen molar-refractivity contribution in [2.45, 2.75) is 0 Å². The number of carbonyl (C=O) groups excluding carboxylic acids is 1. The fourth-order valence-electron chi connectivity index (χ4n) is 1.56. The molecule has 0 fully saturated rings. The van der Waals surface area contributed by atoms with E-state index in [1.165, 1.54) is 6.07 Å². The molecular weight excluding hydrogens is 342 g/mol. The lowest BCUT2D eigenvalue weighted by Crippen LogP contribution is -2.12. The van der Waals surface area contributed by atoms with Gasteiger partial charge in [-0.3, -0.25) is 4.79 Å². The number of nitrogen functional groups attached to an aromatic ring is 1. The maximum absolute atomic E-state index is 12.1. The van der Waals surface area contributed by atoms with Gasteiger partial charge in [-0.1, -0.05) is 11.6 Å². The summed E-state index contributed by atoms with van der Waals surface area (Å²) >= 11 is 9.10. The predicted molar refractivity (Wildman–Crippen MR) is 82.7 cm³/mol. The first-order valence-electron chi connectivity index (χ1n) is 5.57. The van der Waals surface area contributed by atoms with Crippen molar-refractivity contribution in [3.63, 3.8) is 0 Å². The number of hydrogen-bond donors (Lipinski definition) is 2. The van der Waals surface area contributed by atoms with Gasteiger partial charge in [-0.2, -0.15) is 5.26 Å². The minimum absolute atomic E-state index is 0.295. The summed E-state index contributed by atoms with van der Waals surface area (Å²) < 4.78 is 0.652. The average molecular weight is 351 g/mol. The van der Waals surface area contributed by atoms with E-state index < -0.39 is 0 Å². The normalized spacial score (nSPS) is 9.85. The molecule has 2 rings (SSSR count). The molecule has 0 bridgehead atoms. The van der Waals surface area contributed by atoms with Gasteiger partial charge < -0.3 is 11.1 Å². The molecule has 2 aromatic carbocycles. The molecule has 2 aromatic rings. The van der Waals surface area contributed by atoms with Gasteiger partial charge in [-0.25, -0.2) is 0 Å². The van der Waals surface area contributed by atoms with Gasteiger partial charge in [0.2, 0.25) is 0 Å². The maximum atomic E-state index is 12.1. The highest BCUT2D eigenvalue weighted by Gasteiger charge is 2.09. The molecule has 20 heavy (non-hydrogen) atoms. The lowest BCUT2D eigenvalue weighted by atomic mass is 10.1. The molecule has 0 radical (unpaired) electrons. The number of nitriles is 1. The molecule has 100 valence electrons. The van der Waals surface area contributed by atoms with E-state index in [4.69, 9.17) is 22.6 Å². The van der Waals surface area contributed by atoms with Gasteiger partial charge in [-0.15, -0.1) is 0 Å². The van der Waals surface area contributed by atoms with Crippen LogP contribution in [0.2, 0.25) is 5.02 Å². The molecule has 1 amide bonds. The predicted octanol–water partition coefficient (Wildman–Crippen LogP) is 3.81. The monoisotopic (exact) mass is 349 g/mol. The summed E-state index contributed by atoms with van der Waals surface area (Å²) in [6.07, 6.45) is 0. The number of halogens is 2. The maximum Gasteiger partial charge on any atom is 0.255 e. The Hall–Kier alpha value is -2.03. The van der Waals surface area contributed by atoms with Crippen LogP contribution in [0.5, 0.6) is 0 Å². The molecule has 6 heteroatoms. The third-order valence-corrected chi connectivity index (χ3v) is 3.62. The van der Waals surface area contributed by atoms with Crippen molar-refractivity contribution < 1.29 is 4.79 Å². The molecule has 0 aliphatic heterocycles. The van der Waals surface area contributed by atoms with Crippen LogP contribution in [0.3, 0.4) is 0 Å². The molecule has 4 nitrogen and oxygen atoms in total. The largest absolute Gasteiger partial charge is 0.398 e. The first-order valence-corrected chi connectivity index (χ1v) is 6.74. The number of hydrogen-bond acceptors (Lipinski definition) is 3. The molecule has 3 N–H and O–H groups in total. The van der Waals surface area contributed by atoms with Gasteiger partial charge in [0.25, 0.3) is 5.91 Å². The Morgan fingerprint density at radius 2 is 2.05 bits per heavy atom. The smallest absolute Gasteiger partial charge is 0.255 e. The zero-order valence-electron chi connectivity index (χ0n) is 10.2. The first-order chi connectivity index (χ1) is 9.51. The minimum Gasteiger partial charge on any atom is -0.398 e. The molecule has 0 unspecified atom stereocenters. The topological polar surface area (TPSA) is 78.9 Å². The van der Waals surface area contributed by atoms with E-state index in [2.05, 4.69) is 21.2 Å². The van der Waals surface area contributed by atoms with Crippen LogP contribution in [0.25, 0.3) is 0 Å². The molecular formula is C14H9BrClN3O. The standard InChI is InChI=1S/C14H9BrClN3O/c15-11-6-8(1-4-13(11)18)14(20)19-10-2-3-12(16)9(5-10)7-17/h1-6H,18H2,(H,19,20). The number of nitrogens with two attached hydrogens (primary N) is 1. The van der Waals surface area contributed by atoms with E-state index in [1.54, 1.807) is 30.3 Å². The Morgan fingerprint density at radius 1 is 1.30 bits per heavy atom. The molecule has 0 heterocycles. The summed E-state index contributed by atoms with van der Waals surface area (Å²) in [4.78, 5) is 12.1. The number of rotatable bonds is 2. The first kappa shape index (κ1) is 14.4. The lowest BCUT2D eigenvalue weighted by molar-refractivity contribution is 0.102. The van der Waals surface area contributed by atoms with Crippen LogP contribution in [0.4, 0.5) is 11.4 Å². The molecule has 0 spiro atoms. The van der Waals surface area contributed by atoms with Crippen LogP contribution < -0.4 is 11.1 Å². The summed E-state index contributed by atoms with van der Waals surface area (Å²) in [7, 11) is 0. The van der Waals surface area contributed by atoms with Gasteiger partial charge in [0.15, 0.2) is 0 Å². The molecule has 0 saturated carbocycles. The number of carbonyl (C=O) groups is 1. The van der Waals surface area contributed by atoms with Gasteiger partial charge in [0.05, 0.1) is 10.6 Å². The van der Waals surface area contributed by atoms with Crippen molar-refractivity contribution in [3.8, 4) is 6.07 Å². The Kier molecular flexibility index (Phi) is 4.28. The third kappa shape index (κ3) is 3.10. The van der Waals surface area contributed by atoms with Gasteiger partial charge in [0.1, 0.15) is 6.07 Å². The molecule has 0 aliphatic carbocycles. The van der Waals surface area contributed by atoms with Crippen LogP contribution >= 0.6 is 27.5 Å². The quantitative estimate of drug-likeness (QED) is 0.808. The van der Waals surface area contributed by atoms with Crippen LogP contribution in [0.15, 0.2) is 40.9 Å². The van der Waals surface area contributed by atoms with E-state index in [1.807, 2.05) is 6.07 Å². The van der Waals surface area contributed by atoms with Gasteiger partial charge in [0, 0.05) is 21.4 Å². The second-order valence-electron chi connectivity index (χ2n) is 4.00. The Balaban J connectivity index is 2.23. The Morgan fingerprint density at radius 3 is 2.70 bits per heavy atom. The van der Waals surface area contributed by atoms with Crippen LogP contribution in [0, 0.1) is 11.3 Å². The highest BCUT2D eigenvalue weighted by Crippen LogP contribution is 2.23. The van der Waals surface area contributed by atoms with Crippen molar-refractivity contribution in [2.24, 2.45) is 0 Å². The fraction of sp³-hybridized carbons (Fsp3) is 0. The second kappa shape index (κ2) is 5.95. The molecule has 0 aromatic heterocycles. The summed E-state index contributed by atoms with van der Waals surface area (Å²) in [6.45, 7) is 0. The van der Waals surface area contributed by atoms with Crippen molar-refractivity contribution >= 4 is 44.8 Å². The Labute approximate surface area is 129 Å². The minimum atomic E-state index is -0.295.